The summed E-state index contributed by atoms with van der Waals surface area (Å²) in [7, 11) is 0. The summed E-state index contributed by atoms with van der Waals surface area (Å²) < 4.78 is 0. The monoisotopic (exact) mass is 319 g/mol. The predicted octanol–water partition coefficient (Wildman–Crippen LogP) is 2.77. The van der Waals surface area contributed by atoms with Crippen molar-refractivity contribution in [1.29, 1.82) is 0 Å². The highest BCUT2D eigenvalue weighted by Gasteiger charge is 2.11. The van der Waals surface area contributed by atoms with Crippen LogP contribution in [0.25, 0.3) is 0 Å². The van der Waals surface area contributed by atoms with Gasteiger partial charge in [-0.25, -0.2) is 4.79 Å². The van der Waals surface area contributed by atoms with Gasteiger partial charge in [0.05, 0.1) is 16.2 Å². The molecule has 0 aromatic heterocycles. The molecule has 1 N–H and O–H groups in total. The number of hydrogen-bond acceptors (Lipinski definition) is 5. The van der Waals surface area contributed by atoms with Crippen molar-refractivity contribution in [3.63, 3.8) is 0 Å². The van der Waals surface area contributed by atoms with Gasteiger partial charge in [-0.3, -0.25) is 15.1 Å². The van der Waals surface area contributed by atoms with Gasteiger partial charge in [-0.2, -0.15) is 0 Å². The van der Waals surface area contributed by atoms with Crippen LogP contribution in [0.4, 0.5) is 11.4 Å². The van der Waals surface area contributed by atoms with Gasteiger partial charge in [-0.05, 0) is 35.6 Å². The minimum atomic E-state index is -1.11. The Balaban J connectivity index is 2.40. The fraction of sp³-hybridized carbons (Fsp3) is 0. The first-order valence-corrected chi connectivity index (χ1v) is 6.28. The molecule has 0 unspecified atom stereocenters. The summed E-state index contributed by atoms with van der Waals surface area (Å²) in [6.07, 6.45) is 1.11. The van der Waals surface area contributed by atoms with Crippen molar-refractivity contribution in [2.45, 2.75) is 0 Å². The molecular formula is C14H8ClN2O5-. The van der Waals surface area contributed by atoms with Gasteiger partial charge in [-0.15, -0.1) is 0 Å². The lowest BCUT2D eigenvalue weighted by atomic mass is 10.2. The van der Waals surface area contributed by atoms with Crippen molar-refractivity contribution in [3.8, 4) is 5.75 Å². The molecule has 0 aliphatic rings. The lowest BCUT2D eigenvalue weighted by Crippen LogP contribution is -2.02. The molecule has 112 valence electrons. The summed E-state index contributed by atoms with van der Waals surface area (Å²) in [5.41, 5.74) is -0.371. The summed E-state index contributed by atoms with van der Waals surface area (Å²) in [6, 6.07) is 7.95. The van der Waals surface area contributed by atoms with Gasteiger partial charge in [0.25, 0.3) is 5.69 Å². The third kappa shape index (κ3) is 3.39. The molecule has 7 nitrogen and oxygen atoms in total. The molecule has 0 bridgehead atoms. The molecule has 0 amide bonds. The quantitative estimate of drug-likeness (QED) is 0.528. The smallest absolute Gasteiger partial charge is 0.335 e. The van der Waals surface area contributed by atoms with Crippen LogP contribution in [0.15, 0.2) is 41.4 Å². The lowest BCUT2D eigenvalue weighted by molar-refractivity contribution is -0.398. The molecule has 0 saturated carbocycles. The number of carboxylic acids is 1. The Bertz CT molecular complexity index is 789. The maximum Gasteiger partial charge on any atom is 0.335 e. The third-order valence-electron chi connectivity index (χ3n) is 2.71. The topological polar surface area (TPSA) is 116 Å². The first-order valence-electron chi connectivity index (χ1n) is 5.91. The Kier molecular flexibility index (Phi) is 4.38. The van der Waals surface area contributed by atoms with Crippen LogP contribution in [0.5, 0.6) is 5.75 Å². The van der Waals surface area contributed by atoms with Crippen LogP contribution < -0.4 is 5.11 Å². The molecular weight excluding hydrogens is 312 g/mol. The minimum absolute atomic E-state index is 0.0343. The minimum Gasteiger partial charge on any atom is -0.867 e. The van der Waals surface area contributed by atoms with Gasteiger partial charge < -0.3 is 10.2 Å². The predicted molar refractivity (Wildman–Crippen MR) is 78.2 cm³/mol. The number of aromatic carboxylic acids is 1. The molecule has 0 fully saturated rings. The Labute approximate surface area is 129 Å². The van der Waals surface area contributed by atoms with Crippen molar-refractivity contribution in [3.05, 3.63) is 62.7 Å². The maximum absolute atomic E-state index is 11.9. The van der Waals surface area contributed by atoms with E-state index in [1.54, 1.807) is 0 Å². The standard InChI is InChI=1S/C14H9ClN2O5/c15-10-4-9(13(18)12(6-10)17(21)22)7-16-11-3-1-2-8(5-11)14(19)20/h1-7,18H,(H,19,20)/p-1. The zero-order chi connectivity index (χ0) is 16.3. The molecule has 8 heteroatoms. The highest BCUT2D eigenvalue weighted by molar-refractivity contribution is 6.31. The van der Waals surface area contributed by atoms with E-state index in [9.17, 15) is 20.0 Å². The molecule has 2 aromatic carbocycles. The van der Waals surface area contributed by atoms with E-state index in [1.807, 2.05) is 0 Å². The van der Waals surface area contributed by atoms with Crippen LogP contribution in [0.1, 0.15) is 15.9 Å². The lowest BCUT2D eigenvalue weighted by Gasteiger charge is -2.10. The largest absolute Gasteiger partial charge is 0.867 e. The second-order valence-electron chi connectivity index (χ2n) is 4.21. The van der Waals surface area contributed by atoms with Gasteiger partial charge in [0.2, 0.25) is 0 Å². The molecule has 0 radical (unpaired) electrons. The highest BCUT2D eigenvalue weighted by Crippen LogP contribution is 2.30. The van der Waals surface area contributed by atoms with Crippen LogP contribution in [-0.4, -0.2) is 22.2 Å². The highest BCUT2D eigenvalue weighted by atomic mass is 35.5. The van der Waals surface area contributed by atoms with E-state index in [0.717, 1.165) is 12.3 Å². The number of rotatable bonds is 4. The molecule has 0 heterocycles. The number of benzene rings is 2. The fourth-order valence-corrected chi connectivity index (χ4v) is 1.92. The van der Waals surface area contributed by atoms with Gasteiger partial charge in [0.15, 0.2) is 0 Å². The molecule has 0 aliphatic carbocycles. The average molecular weight is 320 g/mol. The van der Waals surface area contributed by atoms with Crippen molar-refractivity contribution in [1.82, 2.24) is 0 Å². The van der Waals surface area contributed by atoms with Gasteiger partial charge in [0, 0.05) is 17.3 Å². The number of carbonyl (C=O) groups is 1. The van der Waals surface area contributed by atoms with Gasteiger partial charge >= 0.3 is 5.97 Å². The van der Waals surface area contributed by atoms with E-state index in [-0.39, 0.29) is 16.1 Å². The summed E-state index contributed by atoms with van der Waals surface area (Å²) in [5.74, 6) is -1.92. The van der Waals surface area contributed by atoms with E-state index >= 15 is 0 Å². The molecule has 2 aromatic rings. The van der Waals surface area contributed by atoms with E-state index in [1.165, 1.54) is 30.3 Å². The van der Waals surface area contributed by atoms with Crippen LogP contribution >= 0.6 is 11.6 Å². The summed E-state index contributed by atoms with van der Waals surface area (Å²) in [4.78, 5) is 24.7. The van der Waals surface area contributed by atoms with Crippen LogP contribution in [-0.2, 0) is 0 Å². The number of halogens is 1. The Morgan fingerprint density at radius 2 is 2.05 bits per heavy atom. The van der Waals surface area contributed by atoms with Crippen molar-refractivity contribution >= 4 is 35.2 Å². The number of nitro benzene ring substituents is 1. The summed E-state index contributed by atoms with van der Waals surface area (Å²) in [6.45, 7) is 0. The molecule has 22 heavy (non-hydrogen) atoms. The van der Waals surface area contributed by atoms with Crippen LogP contribution in [0.2, 0.25) is 5.02 Å². The normalized spacial score (nSPS) is 10.8. The third-order valence-corrected chi connectivity index (χ3v) is 2.92. The number of hydrogen-bond donors (Lipinski definition) is 1. The van der Waals surface area contributed by atoms with E-state index in [2.05, 4.69) is 4.99 Å². The second-order valence-corrected chi connectivity index (χ2v) is 4.65. The first-order chi connectivity index (χ1) is 10.4. The maximum atomic E-state index is 11.9. The fourth-order valence-electron chi connectivity index (χ4n) is 1.69. The van der Waals surface area contributed by atoms with Crippen molar-refractivity contribution in [2.24, 2.45) is 4.99 Å². The molecule has 0 spiro atoms. The second kappa shape index (κ2) is 6.23. The summed E-state index contributed by atoms with van der Waals surface area (Å²) in [5, 5.41) is 31.5. The van der Waals surface area contributed by atoms with E-state index < -0.39 is 22.3 Å². The Morgan fingerprint density at radius 3 is 2.68 bits per heavy atom. The Hall–Kier alpha value is -2.93. The number of nitro groups is 1. The van der Waals surface area contributed by atoms with Gasteiger partial charge in [-0.1, -0.05) is 17.7 Å². The zero-order valence-corrected chi connectivity index (χ0v) is 11.6. The first kappa shape index (κ1) is 15.5. The molecule has 0 aliphatic heterocycles. The van der Waals surface area contributed by atoms with Gasteiger partial charge in [0.1, 0.15) is 0 Å². The van der Waals surface area contributed by atoms with Crippen LogP contribution in [0, 0.1) is 10.1 Å². The molecule has 2 rings (SSSR count). The average Bonchev–Trinajstić information content (AvgIpc) is 2.47. The van der Waals surface area contributed by atoms with Crippen molar-refractivity contribution < 1.29 is 19.9 Å². The number of carboxylic acid groups (broad SMARTS) is 1. The van der Waals surface area contributed by atoms with Crippen LogP contribution in [0.3, 0.4) is 0 Å². The Morgan fingerprint density at radius 1 is 1.32 bits per heavy atom. The number of aliphatic imine (C=N–C) groups is 1. The van der Waals surface area contributed by atoms with E-state index in [4.69, 9.17) is 16.7 Å². The number of nitrogens with zero attached hydrogens (tertiary/aromatic N) is 2. The van der Waals surface area contributed by atoms with E-state index in [0.29, 0.717) is 5.69 Å². The molecule has 0 saturated heterocycles. The SMILES string of the molecule is O=C(O)c1cccc(N=Cc2cc(Cl)cc([N+](=O)[O-])c2[O-])c1. The van der Waals surface area contributed by atoms with Crippen molar-refractivity contribution in [2.75, 3.05) is 0 Å². The summed E-state index contributed by atoms with van der Waals surface area (Å²) >= 11 is 5.73. The zero-order valence-electron chi connectivity index (χ0n) is 10.9. The molecule has 0 atom stereocenters.